The number of benzene rings is 1. The number of aliphatic carboxylic acids is 1. The molecular weight excluding hydrogens is 250 g/mol. The van der Waals surface area contributed by atoms with Crippen molar-refractivity contribution in [2.45, 2.75) is 19.9 Å². The lowest BCUT2D eigenvalue weighted by molar-refractivity contribution is -0.137. The molecule has 1 aromatic carbocycles. The SMILES string of the molecule is Cc1cccc(-c2n[nH]c(=S)n2CCC(=O)O)c1. The van der Waals surface area contributed by atoms with Gasteiger partial charge in [-0.05, 0) is 25.2 Å². The number of nitrogens with one attached hydrogen (secondary N) is 1. The van der Waals surface area contributed by atoms with Crippen molar-refractivity contribution in [1.82, 2.24) is 14.8 Å². The van der Waals surface area contributed by atoms with Gasteiger partial charge in [-0.2, -0.15) is 5.10 Å². The van der Waals surface area contributed by atoms with Crippen molar-refractivity contribution in [1.29, 1.82) is 0 Å². The van der Waals surface area contributed by atoms with Crippen LogP contribution in [0.4, 0.5) is 0 Å². The van der Waals surface area contributed by atoms with Gasteiger partial charge in [0.15, 0.2) is 10.6 Å². The van der Waals surface area contributed by atoms with Gasteiger partial charge in [-0.15, -0.1) is 0 Å². The number of carboxylic acid groups (broad SMARTS) is 1. The van der Waals surface area contributed by atoms with Gasteiger partial charge in [0, 0.05) is 12.1 Å². The predicted octanol–water partition coefficient (Wildman–Crippen LogP) is 2.39. The highest BCUT2D eigenvalue weighted by atomic mass is 32.1. The van der Waals surface area contributed by atoms with Crippen molar-refractivity contribution in [2.75, 3.05) is 0 Å². The Morgan fingerprint density at radius 2 is 2.33 bits per heavy atom. The third-order valence-corrected chi connectivity index (χ3v) is 2.90. The zero-order valence-electron chi connectivity index (χ0n) is 9.88. The number of carboxylic acids is 1. The normalized spacial score (nSPS) is 10.5. The van der Waals surface area contributed by atoms with E-state index in [0.29, 0.717) is 17.1 Å². The standard InChI is InChI=1S/C12H13N3O2S/c1-8-3-2-4-9(7-8)11-13-14-12(18)15(11)6-5-10(16)17/h2-4,7H,5-6H2,1H3,(H,14,18)(H,16,17). The predicted molar refractivity (Wildman–Crippen MR) is 69.8 cm³/mol. The van der Waals surface area contributed by atoms with E-state index in [1.807, 2.05) is 31.2 Å². The zero-order chi connectivity index (χ0) is 13.1. The van der Waals surface area contributed by atoms with Crippen molar-refractivity contribution in [3.05, 3.63) is 34.6 Å². The van der Waals surface area contributed by atoms with E-state index in [2.05, 4.69) is 10.2 Å². The fourth-order valence-corrected chi connectivity index (χ4v) is 1.96. The number of aromatic nitrogens is 3. The fraction of sp³-hybridized carbons (Fsp3) is 0.250. The first kappa shape index (κ1) is 12.5. The Kier molecular flexibility index (Phi) is 3.57. The summed E-state index contributed by atoms with van der Waals surface area (Å²) in [5.41, 5.74) is 2.04. The molecule has 0 aliphatic rings. The van der Waals surface area contributed by atoms with Crippen molar-refractivity contribution < 1.29 is 9.90 Å². The van der Waals surface area contributed by atoms with E-state index in [-0.39, 0.29) is 6.42 Å². The first-order valence-electron chi connectivity index (χ1n) is 5.52. The molecule has 6 heteroatoms. The smallest absolute Gasteiger partial charge is 0.305 e. The highest BCUT2D eigenvalue weighted by Gasteiger charge is 2.10. The van der Waals surface area contributed by atoms with Crippen LogP contribution in [0.25, 0.3) is 11.4 Å². The lowest BCUT2D eigenvalue weighted by Crippen LogP contribution is -2.06. The number of rotatable bonds is 4. The molecule has 0 atom stereocenters. The van der Waals surface area contributed by atoms with Gasteiger partial charge in [0.05, 0.1) is 6.42 Å². The van der Waals surface area contributed by atoms with E-state index >= 15 is 0 Å². The first-order valence-corrected chi connectivity index (χ1v) is 5.93. The Bertz CT molecular complexity index is 630. The highest BCUT2D eigenvalue weighted by Crippen LogP contribution is 2.18. The van der Waals surface area contributed by atoms with Crippen molar-refractivity contribution in [2.24, 2.45) is 0 Å². The summed E-state index contributed by atoms with van der Waals surface area (Å²) in [6.07, 6.45) is 0.0205. The number of H-pyrrole nitrogens is 1. The topological polar surface area (TPSA) is 70.9 Å². The molecule has 0 aliphatic carbocycles. The number of carbonyl (C=O) groups is 1. The summed E-state index contributed by atoms with van der Waals surface area (Å²) in [4.78, 5) is 10.6. The van der Waals surface area contributed by atoms with E-state index in [1.54, 1.807) is 4.57 Å². The molecule has 2 rings (SSSR count). The molecule has 2 aromatic rings. The number of hydrogen-bond acceptors (Lipinski definition) is 3. The van der Waals surface area contributed by atoms with Crippen molar-refractivity contribution >= 4 is 18.2 Å². The average Bonchev–Trinajstić information content (AvgIpc) is 2.68. The summed E-state index contributed by atoms with van der Waals surface area (Å²) in [5.74, 6) is -0.182. The second kappa shape index (κ2) is 5.14. The van der Waals surface area contributed by atoms with Gasteiger partial charge >= 0.3 is 5.97 Å². The summed E-state index contributed by atoms with van der Waals surface area (Å²) < 4.78 is 2.14. The lowest BCUT2D eigenvalue weighted by atomic mass is 10.1. The maximum Gasteiger partial charge on any atom is 0.305 e. The molecule has 18 heavy (non-hydrogen) atoms. The van der Waals surface area contributed by atoms with Gasteiger partial charge in [0.2, 0.25) is 0 Å². The summed E-state index contributed by atoms with van der Waals surface area (Å²) in [7, 11) is 0. The summed E-state index contributed by atoms with van der Waals surface area (Å²) in [5, 5.41) is 15.6. The van der Waals surface area contributed by atoms with E-state index in [9.17, 15) is 4.79 Å². The highest BCUT2D eigenvalue weighted by molar-refractivity contribution is 7.71. The second-order valence-electron chi connectivity index (χ2n) is 4.02. The van der Waals surface area contributed by atoms with E-state index in [1.165, 1.54) is 0 Å². The molecule has 5 nitrogen and oxygen atoms in total. The Hall–Kier alpha value is -1.95. The summed E-state index contributed by atoms with van der Waals surface area (Å²) in [6, 6.07) is 7.84. The first-order chi connectivity index (χ1) is 8.58. The molecule has 1 aromatic heterocycles. The van der Waals surface area contributed by atoms with Gasteiger partial charge in [-0.1, -0.05) is 23.8 Å². The minimum atomic E-state index is -0.853. The largest absolute Gasteiger partial charge is 0.481 e. The van der Waals surface area contributed by atoms with Crippen LogP contribution in [0.2, 0.25) is 0 Å². The minimum Gasteiger partial charge on any atom is -0.481 e. The molecule has 0 saturated heterocycles. The van der Waals surface area contributed by atoms with Gasteiger partial charge in [0.1, 0.15) is 0 Å². The number of hydrogen-bond donors (Lipinski definition) is 2. The van der Waals surface area contributed by atoms with Crippen LogP contribution in [0, 0.1) is 11.7 Å². The van der Waals surface area contributed by atoms with Crippen LogP contribution in [-0.2, 0) is 11.3 Å². The van der Waals surface area contributed by atoms with Gasteiger partial charge < -0.3 is 5.11 Å². The molecule has 0 aliphatic heterocycles. The van der Waals surface area contributed by atoms with Gasteiger partial charge in [-0.25, -0.2) is 0 Å². The molecule has 1 heterocycles. The quantitative estimate of drug-likeness (QED) is 0.831. The molecule has 0 unspecified atom stereocenters. The molecule has 94 valence electrons. The van der Waals surface area contributed by atoms with Gasteiger partial charge in [-0.3, -0.25) is 14.5 Å². The Morgan fingerprint density at radius 1 is 1.56 bits per heavy atom. The third-order valence-electron chi connectivity index (χ3n) is 2.58. The van der Waals surface area contributed by atoms with E-state index < -0.39 is 5.97 Å². The van der Waals surface area contributed by atoms with Crippen molar-refractivity contribution in [3.63, 3.8) is 0 Å². The molecule has 0 fully saturated rings. The summed E-state index contributed by atoms with van der Waals surface area (Å²) in [6.45, 7) is 2.31. The van der Waals surface area contributed by atoms with Crippen LogP contribution >= 0.6 is 12.2 Å². The van der Waals surface area contributed by atoms with Crippen LogP contribution in [0.15, 0.2) is 24.3 Å². The molecule has 0 bridgehead atoms. The monoisotopic (exact) mass is 263 g/mol. The Morgan fingerprint density at radius 3 is 3.00 bits per heavy atom. The fourth-order valence-electron chi connectivity index (χ4n) is 1.74. The van der Waals surface area contributed by atoms with E-state index in [0.717, 1.165) is 11.1 Å². The molecular formula is C12H13N3O2S. The van der Waals surface area contributed by atoms with Gasteiger partial charge in [0.25, 0.3) is 0 Å². The van der Waals surface area contributed by atoms with Crippen LogP contribution in [0.5, 0.6) is 0 Å². The average molecular weight is 263 g/mol. The molecule has 0 spiro atoms. The Balaban J connectivity index is 2.39. The van der Waals surface area contributed by atoms with Crippen LogP contribution < -0.4 is 0 Å². The van der Waals surface area contributed by atoms with Crippen LogP contribution in [0.3, 0.4) is 0 Å². The van der Waals surface area contributed by atoms with E-state index in [4.69, 9.17) is 17.3 Å². The number of aryl methyl sites for hydroxylation is 1. The van der Waals surface area contributed by atoms with Crippen LogP contribution in [-0.4, -0.2) is 25.8 Å². The lowest BCUT2D eigenvalue weighted by Gasteiger charge is -2.05. The minimum absolute atomic E-state index is 0.0205. The maximum atomic E-state index is 10.6. The maximum absolute atomic E-state index is 10.6. The third kappa shape index (κ3) is 2.65. The molecule has 0 radical (unpaired) electrons. The Labute approximate surface area is 109 Å². The number of aromatic amines is 1. The zero-order valence-corrected chi connectivity index (χ0v) is 10.7. The molecule has 2 N–H and O–H groups in total. The number of nitrogens with zero attached hydrogens (tertiary/aromatic N) is 2. The van der Waals surface area contributed by atoms with Crippen LogP contribution in [0.1, 0.15) is 12.0 Å². The molecule has 0 amide bonds. The molecule has 0 saturated carbocycles. The summed E-state index contributed by atoms with van der Waals surface area (Å²) >= 11 is 5.11. The van der Waals surface area contributed by atoms with Crippen molar-refractivity contribution in [3.8, 4) is 11.4 Å². The second-order valence-corrected chi connectivity index (χ2v) is 4.40.